The molecule has 128 valence electrons. The summed E-state index contributed by atoms with van der Waals surface area (Å²) < 4.78 is 5.25. The Balaban J connectivity index is 1.63. The Morgan fingerprint density at radius 3 is 2.92 bits per heavy atom. The van der Waals surface area contributed by atoms with Crippen LogP contribution in [0.2, 0.25) is 5.02 Å². The molecule has 2 aromatic rings. The van der Waals surface area contributed by atoms with Gasteiger partial charge in [-0.25, -0.2) is 4.98 Å². The van der Waals surface area contributed by atoms with Crippen LogP contribution in [0.25, 0.3) is 0 Å². The molecule has 1 aliphatic heterocycles. The summed E-state index contributed by atoms with van der Waals surface area (Å²) in [6, 6.07) is 3.34. The standard InChI is InChI=1S/C16H20ClN5O2/c1-2-4-14-19-16(20-24-14)22-8-3-7-21(9-10-22)15(23)13-6-5-12(17)11-18-13/h5-6,11H,2-4,7-10H2,1H3. The number of pyridine rings is 1. The number of halogens is 1. The lowest BCUT2D eigenvalue weighted by Gasteiger charge is -2.20. The smallest absolute Gasteiger partial charge is 0.272 e. The lowest BCUT2D eigenvalue weighted by atomic mass is 10.3. The molecule has 1 amide bonds. The van der Waals surface area contributed by atoms with Crippen LogP contribution >= 0.6 is 11.6 Å². The maximum absolute atomic E-state index is 12.5. The first-order valence-electron chi connectivity index (χ1n) is 8.15. The number of rotatable bonds is 4. The maximum atomic E-state index is 12.5. The molecular formula is C16H20ClN5O2. The van der Waals surface area contributed by atoms with Crippen LogP contribution < -0.4 is 4.90 Å². The predicted molar refractivity (Wildman–Crippen MR) is 90.3 cm³/mol. The van der Waals surface area contributed by atoms with E-state index < -0.39 is 0 Å². The topological polar surface area (TPSA) is 75.4 Å². The number of aryl methyl sites for hydroxylation is 1. The van der Waals surface area contributed by atoms with Crippen molar-refractivity contribution in [2.45, 2.75) is 26.2 Å². The van der Waals surface area contributed by atoms with Crippen LogP contribution in [0.4, 0.5) is 5.95 Å². The quantitative estimate of drug-likeness (QED) is 0.843. The van der Waals surface area contributed by atoms with E-state index in [-0.39, 0.29) is 5.91 Å². The average Bonchev–Trinajstić information content (AvgIpc) is 2.91. The highest BCUT2D eigenvalue weighted by atomic mass is 35.5. The second-order valence-electron chi connectivity index (χ2n) is 5.73. The molecule has 2 aromatic heterocycles. The van der Waals surface area contributed by atoms with E-state index in [2.05, 4.69) is 26.9 Å². The van der Waals surface area contributed by atoms with Gasteiger partial charge in [0, 0.05) is 38.8 Å². The van der Waals surface area contributed by atoms with Gasteiger partial charge >= 0.3 is 0 Å². The Bertz CT molecular complexity index is 688. The van der Waals surface area contributed by atoms with Gasteiger partial charge in [-0.05, 0) is 30.1 Å². The number of nitrogens with zero attached hydrogens (tertiary/aromatic N) is 5. The second-order valence-corrected chi connectivity index (χ2v) is 6.17. The Morgan fingerprint density at radius 1 is 1.29 bits per heavy atom. The van der Waals surface area contributed by atoms with Crippen molar-refractivity contribution in [1.29, 1.82) is 0 Å². The van der Waals surface area contributed by atoms with Crippen LogP contribution in [0.3, 0.4) is 0 Å². The lowest BCUT2D eigenvalue weighted by Crippen LogP contribution is -2.35. The zero-order chi connectivity index (χ0) is 16.9. The highest BCUT2D eigenvalue weighted by Crippen LogP contribution is 2.15. The fourth-order valence-corrected chi connectivity index (χ4v) is 2.79. The third-order valence-corrected chi connectivity index (χ3v) is 4.16. The molecule has 7 nitrogen and oxygen atoms in total. The monoisotopic (exact) mass is 349 g/mol. The van der Waals surface area contributed by atoms with E-state index in [0.717, 1.165) is 25.8 Å². The van der Waals surface area contributed by atoms with Crippen molar-refractivity contribution in [2.24, 2.45) is 0 Å². The zero-order valence-corrected chi connectivity index (χ0v) is 14.4. The minimum atomic E-state index is -0.0756. The summed E-state index contributed by atoms with van der Waals surface area (Å²) in [5, 5.41) is 4.57. The van der Waals surface area contributed by atoms with Gasteiger partial charge < -0.3 is 14.3 Å². The van der Waals surface area contributed by atoms with Gasteiger partial charge in [0.25, 0.3) is 11.9 Å². The zero-order valence-electron chi connectivity index (χ0n) is 13.6. The average molecular weight is 350 g/mol. The van der Waals surface area contributed by atoms with Crippen molar-refractivity contribution in [3.8, 4) is 0 Å². The molecule has 3 heterocycles. The number of carbonyl (C=O) groups excluding carboxylic acids is 1. The number of hydrogen-bond donors (Lipinski definition) is 0. The van der Waals surface area contributed by atoms with Gasteiger partial charge in [0.15, 0.2) is 0 Å². The van der Waals surface area contributed by atoms with E-state index >= 15 is 0 Å². The van der Waals surface area contributed by atoms with Gasteiger partial charge in [0.05, 0.1) is 5.02 Å². The van der Waals surface area contributed by atoms with E-state index in [1.807, 2.05) is 4.90 Å². The summed E-state index contributed by atoms with van der Waals surface area (Å²) >= 11 is 5.82. The van der Waals surface area contributed by atoms with E-state index in [1.165, 1.54) is 6.20 Å². The molecule has 0 spiro atoms. The van der Waals surface area contributed by atoms with Gasteiger partial charge in [0.1, 0.15) is 5.69 Å². The molecule has 0 saturated carbocycles. The number of hydrogen-bond acceptors (Lipinski definition) is 6. The maximum Gasteiger partial charge on any atom is 0.272 e. The van der Waals surface area contributed by atoms with E-state index in [0.29, 0.717) is 42.2 Å². The molecular weight excluding hydrogens is 330 g/mol. The molecule has 8 heteroatoms. The SMILES string of the molecule is CCCc1nc(N2CCCN(C(=O)c3ccc(Cl)cn3)CC2)no1. The molecule has 0 atom stereocenters. The normalized spacial score (nSPS) is 15.4. The first-order valence-corrected chi connectivity index (χ1v) is 8.53. The fraction of sp³-hybridized carbons (Fsp3) is 0.500. The molecule has 0 aliphatic carbocycles. The summed E-state index contributed by atoms with van der Waals surface area (Å²) in [6.07, 6.45) is 4.09. The summed E-state index contributed by atoms with van der Waals surface area (Å²) in [5.41, 5.74) is 0.414. The van der Waals surface area contributed by atoms with Crippen molar-refractivity contribution < 1.29 is 9.32 Å². The number of anilines is 1. The molecule has 0 bridgehead atoms. The number of aromatic nitrogens is 3. The molecule has 24 heavy (non-hydrogen) atoms. The summed E-state index contributed by atoms with van der Waals surface area (Å²) in [4.78, 5) is 24.9. The number of amides is 1. The van der Waals surface area contributed by atoms with E-state index in [1.54, 1.807) is 12.1 Å². The highest BCUT2D eigenvalue weighted by Gasteiger charge is 2.23. The van der Waals surface area contributed by atoms with Crippen LogP contribution in [0.5, 0.6) is 0 Å². The van der Waals surface area contributed by atoms with Crippen molar-refractivity contribution >= 4 is 23.5 Å². The fourth-order valence-electron chi connectivity index (χ4n) is 2.67. The van der Waals surface area contributed by atoms with Gasteiger partial charge in [0.2, 0.25) is 5.89 Å². The predicted octanol–water partition coefficient (Wildman–Crippen LogP) is 2.42. The minimum absolute atomic E-state index is 0.0756. The third kappa shape index (κ3) is 3.84. The van der Waals surface area contributed by atoms with Crippen LogP contribution in [0, 0.1) is 0 Å². The summed E-state index contributed by atoms with van der Waals surface area (Å²) in [7, 11) is 0. The van der Waals surface area contributed by atoms with Gasteiger partial charge in [-0.3, -0.25) is 4.79 Å². The van der Waals surface area contributed by atoms with Gasteiger partial charge in [-0.15, -0.1) is 0 Å². The molecule has 0 aromatic carbocycles. The molecule has 0 N–H and O–H groups in total. The second kappa shape index (κ2) is 7.61. The highest BCUT2D eigenvalue weighted by molar-refractivity contribution is 6.30. The summed E-state index contributed by atoms with van der Waals surface area (Å²) in [5.74, 6) is 1.20. The summed E-state index contributed by atoms with van der Waals surface area (Å²) in [6.45, 7) is 4.82. The van der Waals surface area contributed by atoms with E-state index in [9.17, 15) is 4.79 Å². The van der Waals surface area contributed by atoms with Crippen LogP contribution in [-0.4, -0.2) is 52.1 Å². The van der Waals surface area contributed by atoms with Crippen LogP contribution in [0.15, 0.2) is 22.9 Å². The molecule has 1 aliphatic rings. The van der Waals surface area contributed by atoms with Gasteiger partial charge in [-0.1, -0.05) is 18.5 Å². The third-order valence-electron chi connectivity index (χ3n) is 3.93. The molecule has 1 fully saturated rings. The Kier molecular flexibility index (Phi) is 5.30. The lowest BCUT2D eigenvalue weighted by molar-refractivity contribution is 0.0761. The Labute approximate surface area is 145 Å². The Morgan fingerprint density at radius 2 is 2.17 bits per heavy atom. The first-order chi connectivity index (χ1) is 11.7. The van der Waals surface area contributed by atoms with Crippen molar-refractivity contribution in [3.05, 3.63) is 34.9 Å². The van der Waals surface area contributed by atoms with Crippen molar-refractivity contribution in [2.75, 3.05) is 31.1 Å². The Hall–Kier alpha value is -2.15. The molecule has 0 radical (unpaired) electrons. The minimum Gasteiger partial charge on any atom is -0.337 e. The van der Waals surface area contributed by atoms with Gasteiger partial charge in [-0.2, -0.15) is 4.98 Å². The van der Waals surface area contributed by atoms with Crippen molar-refractivity contribution in [3.63, 3.8) is 0 Å². The van der Waals surface area contributed by atoms with Crippen LogP contribution in [0.1, 0.15) is 36.1 Å². The number of carbonyl (C=O) groups is 1. The van der Waals surface area contributed by atoms with E-state index in [4.69, 9.17) is 16.1 Å². The molecule has 1 saturated heterocycles. The van der Waals surface area contributed by atoms with Crippen molar-refractivity contribution in [1.82, 2.24) is 20.0 Å². The first kappa shape index (κ1) is 16.7. The largest absolute Gasteiger partial charge is 0.337 e. The molecule has 0 unspecified atom stereocenters. The van der Waals surface area contributed by atoms with Crippen LogP contribution in [-0.2, 0) is 6.42 Å². The molecule has 3 rings (SSSR count).